The number of rotatable bonds is 7. The Hall–Kier alpha value is -1.56. The van der Waals surface area contributed by atoms with Crippen molar-refractivity contribution in [1.82, 2.24) is 0 Å². The van der Waals surface area contributed by atoms with Gasteiger partial charge in [0.2, 0.25) is 0 Å². The van der Waals surface area contributed by atoms with Gasteiger partial charge in [0.05, 0.1) is 17.1 Å². The van der Waals surface area contributed by atoms with E-state index in [4.69, 9.17) is 4.99 Å². The summed E-state index contributed by atoms with van der Waals surface area (Å²) in [5.74, 6) is 0. The van der Waals surface area contributed by atoms with E-state index in [1.807, 2.05) is 66.9 Å². The molecule has 22 heavy (non-hydrogen) atoms. The average Bonchev–Trinajstić information content (AvgIpc) is 2.54. The number of unbranched alkanes of at least 4 members (excludes halogenated alkanes) is 2. The van der Waals surface area contributed by atoms with Gasteiger partial charge in [0.25, 0.3) is 0 Å². The Morgan fingerprint density at radius 1 is 0.864 bits per heavy atom. The maximum absolute atomic E-state index is 4.71. The summed E-state index contributed by atoms with van der Waals surface area (Å²) in [7, 11) is 0. The topological polar surface area (TPSA) is 24.7 Å². The molecule has 0 amide bonds. The second-order valence-electron chi connectivity index (χ2n) is 4.99. The van der Waals surface area contributed by atoms with Crippen LogP contribution in [0.4, 0.5) is 11.4 Å². The number of benzene rings is 2. The van der Waals surface area contributed by atoms with Crippen molar-refractivity contribution in [3.63, 3.8) is 0 Å². The van der Waals surface area contributed by atoms with Crippen LogP contribution in [0.15, 0.2) is 70.6 Å². The first-order valence-corrected chi connectivity index (χ1v) is 7.60. The van der Waals surface area contributed by atoms with Crippen molar-refractivity contribution in [1.29, 1.82) is 0 Å². The van der Waals surface area contributed by atoms with E-state index >= 15 is 0 Å². The molecule has 0 radical (unpaired) electrons. The van der Waals surface area contributed by atoms with E-state index in [9.17, 15) is 0 Å². The van der Waals surface area contributed by atoms with Crippen LogP contribution in [0.5, 0.6) is 0 Å². The van der Waals surface area contributed by atoms with E-state index in [1.54, 1.807) is 0 Å². The second-order valence-corrected chi connectivity index (χ2v) is 4.99. The number of nitrogens with zero attached hydrogens (tertiary/aromatic N) is 2. The summed E-state index contributed by atoms with van der Waals surface area (Å²) in [6.07, 6.45) is 6.47. The molecule has 0 aliphatic rings. The van der Waals surface area contributed by atoms with Crippen LogP contribution in [0.3, 0.4) is 0 Å². The van der Waals surface area contributed by atoms with Gasteiger partial charge in [-0.3, -0.25) is 9.98 Å². The summed E-state index contributed by atoms with van der Waals surface area (Å²) in [6, 6.07) is 20.1. The maximum atomic E-state index is 4.71. The first-order valence-electron chi connectivity index (χ1n) is 7.60. The summed E-state index contributed by atoms with van der Waals surface area (Å²) in [5, 5.41) is 0. The van der Waals surface area contributed by atoms with Gasteiger partial charge in [-0.2, -0.15) is 0 Å². The Kier molecular flexibility index (Phi) is 9.30. The van der Waals surface area contributed by atoms with Crippen molar-refractivity contribution in [2.24, 2.45) is 9.98 Å². The summed E-state index contributed by atoms with van der Waals surface area (Å²) in [6.45, 7) is 2.21. The molecule has 2 aromatic rings. The monoisotopic (exact) mass is 384 g/mol. The number of hydrogen-bond acceptors (Lipinski definition) is 2. The van der Waals surface area contributed by atoms with E-state index in [1.165, 1.54) is 12.8 Å². The fraction of sp³-hybridized carbons (Fsp3) is 0.263. The van der Waals surface area contributed by atoms with E-state index in [-0.39, 0.29) is 20.4 Å². The minimum Gasteiger partial charge on any atom is -0.255 e. The summed E-state index contributed by atoms with van der Waals surface area (Å²) in [4.78, 5) is 9.24. The van der Waals surface area contributed by atoms with Crippen LogP contribution in [-0.4, -0.2) is 11.9 Å². The standard InChI is InChI=1S/C19H22N2.Pd/c1-2-3-6-15-19(21-18-13-9-5-10-14-18)16-20-17-11-7-4-8-12-17;/h4-5,7-14,16H,2-3,6,15H2,1H3;/b20-16+,21-19+;. The van der Waals surface area contributed by atoms with Crippen LogP contribution in [0.1, 0.15) is 32.6 Å². The molecule has 118 valence electrons. The summed E-state index contributed by atoms with van der Waals surface area (Å²) < 4.78 is 0. The minimum atomic E-state index is 0. The molecule has 2 nitrogen and oxygen atoms in total. The molecule has 0 unspecified atom stereocenters. The van der Waals surface area contributed by atoms with Crippen molar-refractivity contribution in [3.05, 3.63) is 60.7 Å². The van der Waals surface area contributed by atoms with Crippen LogP contribution in [0.2, 0.25) is 0 Å². The largest absolute Gasteiger partial charge is 0.255 e. The summed E-state index contributed by atoms with van der Waals surface area (Å²) >= 11 is 0. The van der Waals surface area contributed by atoms with Crippen molar-refractivity contribution in [2.45, 2.75) is 32.6 Å². The number of para-hydroxylation sites is 2. The van der Waals surface area contributed by atoms with Crippen molar-refractivity contribution in [2.75, 3.05) is 0 Å². The predicted molar refractivity (Wildman–Crippen MR) is 92.3 cm³/mol. The van der Waals surface area contributed by atoms with Crippen LogP contribution < -0.4 is 0 Å². The molecule has 0 bridgehead atoms. The Bertz CT molecular complexity index is 577. The molecule has 3 heteroatoms. The third-order valence-electron chi connectivity index (χ3n) is 3.18. The maximum Gasteiger partial charge on any atom is 0.0633 e. The Morgan fingerprint density at radius 2 is 1.45 bits per heavy atom. The van der Waals surface area contributed by atoms with Crippen molar-refractivity contribution < 1.29 is 20.4 Å². The molecule has 0 N–H and O–H groups in total. The second kappa shape index (κ2) is 11.1. The van der Waals surface area contributed by atoms with Crippen molar-refractivity contribution >= 4 is 23.3 Å². The van der Waals surface area contributed by atoms with Gasteiger partial charge in [0.1, 0.15) is 0 Å². The van der Waals surface area contributed by atoms with Crippen LogP contribution in [0, 0.1) is 0 Å². The Labute approximate surface area is 147 Å². The van der Waals surface area contributed by atoms with Gasteiger partial charge in [-0.25, -0.2) is 0 Å². The average molecular weight is 385 g/mol. The van der Waals surface area contributed by atoms with Gasteiger partial charge in [-0.05, 0) is 37.1 Å². The predicted octanol–water partition coefficient (Wildman–Crippen LogP) is 5.74. The molecular weight excluding hydrogens is 363 g/mol. The van der Waals surface area contributed by atoms with Gasteiger partial charge in [-0.15, -0.1) is 0 Å². The molecule has 2 rings (SSSR count). The van der Waals surface area contributed by atoms with E-state index in [0.29, 0.717) is 0 Å². The first-order chi connectivity index (χ1) is 10.4. The van der Waals surface area contributed by atoms with Gasteiger partial charge in [0, 0.05) is 26.6 Å². The van der Waals surface area contributed by atoms with Gasteiger partial charge in [-0.1, -0.05) is 56.2 Å². The normalized spacial score (nSPS) is 11.4. The molecule has 0 heterocycles. The van der Waals surface area contributed by atoms with Crippen LogP contribution in [0.25, 0.3) is 0 Å². The molecule has 0 saturated heterocycles. The fourth-order valence-corrected chi connectivity index (χ4v) is 2.04. The Balaban J connectivity index is 0.00000242. The zero-order valence-corrected chi connectivity index (χ0v) is 14.4. The molecule has 0 fully saturated rings. The molecule has 0 aromatic heterocycles. The zero-order chi connectivity index (χ0) is 14.8. The molecule has 0 atom stereocenters. The molecule has 0 aliphatic carbocycles. The Morgan fingerprint density at radius 3 is 2.05 bits per heavy atom. The SMILES string of the molecule is CCCCCC(/C=N/c1ccccc1)=N\c1ccccc1.[Pd]. The fourth-order valence-electron chi connectivity index (χ4n) is 2.04. The minimum absolute atomic E-state index is 0. The number of aliphatic imine (C=N–C) groups is 2. The molecule has 2 aromatic carbocycles. The number of hydrogen-bond donors (Lipinski definition) is 0. The quantitative estimate of drug-likeness (QED) is 0.330. The van der Waals surface area contributed by atoms with Gasteiger partial charge < -0.3 is 0 Å². The van der Waals surface area contributed by atoms with Crippen molar-refractivity contribution in [3.8, 4) is 0 Å². The van der Waals surface area contributed by atoms with E-state index in [0.717, 1.165) is 29.9 Å². The molecule has 0 spiro atoms. The van der Waals surface area contributed by atoms with Crippen LogP contribution >= 0.6 is 0 Å². The van der Waals surface area contributed by atoms with Crippen LogP contribution in [-0.2, 0) is 20.4 Å². The van der Waals surface area contributed by atoms with Gasteiger partial charge in [0.15, 0.2) is 0 Å². The summed E-state index contributed by atoms with van der Waals surface area (Å²) in [5.41, 5.74) is 3.00. The zero-order valence-electron chi connectivity index (χ0n) is 12.9. The van der Waals surface area contributed by atoms with Gasteiger partial charge >= 0.3 is 0 Å². The molecular formula is C19H22N2Pd. The van der Waals surface area contributed by atoms with E-state index in [2.05, 4.69) is 11.9 Å². The smallest absolute Gasteiger partial charge is 0.0633 e. The molecule has 0 saturated carbocycles. The van der Waals surface area contributed by atoms with E-state index < -0.39 is 0 Å². The first kappa shape index (κ1) is 18.5. The third-order valence-corrected chi connectivity index (χ3v) is 3.18. The molecule has 0 aliphatic heterocycles. The third kappa shape index (κ3) is 6.94.